The number of methoxy groups -OCH3 is 1. The summed E-state index contributed by atoms with van der Waals surface area (Å²) in [5.41, 5.74) is 2.49. The van der Waals surface area contributed by atoms with Crippen LogP contribution in [0.15, 0.2) is 42.5 Å². The standard InChI is InChI=1S/C22H27N3O2S.ClH/c1-5-24(6-2)14-15-25(21(26)17-11-8-7-10-16(17)3)22-23-20-18(27-4)12-9-13-19(20)28-22;/h7-13H,5-6,14-15H2,1-4H3;1H. The van der Waals surface area contributed by atoms with E-state index in [-0.39, 0.29) is 18.3 Å². The summed E-state index contributed by atoms with van der Waals surface area (Å²) < 4.78 is 6.46. The van der Waals surface area contributed by atoms with Crippen LogP contribution < -0.4 is 9.64 Å². The van der Waals surface area contributed by atoms with Gasteiger partial charge >= 0.3 is 0 Å². The number of carbonyl (C=O) groups is 1. The van der Waals surface area contributed by atoms with Crippen molar-refractivity contribution in [1.82, 2.24) is 9.88 Å². The second-order valence-electron chi connectivity index (χ2n) is 6.60. The monoisotopic (exact) mass is 433 g/mol. The van der Waals surface area contributed by atoms with E-state index in [0.29, 0.717) is 17.2 Å². The van der Waals surface area contributed by atoms with Gasteiger partial charge in [0, 0.05) is 18.7 Å². The van der Waals surface area contributed by atoms with Crippen LogP contribution in [0, 0.1) is 6.92 Å². The lowest BCUT2D eigenvalue weighted by Crippen LogP contribution is -2.39. The molecular formula is C22H28ClN3O2S. The van der Waals surface area contributed by atoms with Crippen LogP contribution in [0.1, 0.15) is 29.8 Å². The summed E-state index contributed by atoms with van der Waals surface area (Å²) in [5.74, 6) is 0.718. The van der Waals surface area contributed by atoms with Crippen molar-refractivity contribution in [2.24, 2.45) is 0 Å². The van der Waals surface area contributed by atoms with Gasteiger partial charge in [-0.1, -0.05) is 49.4 Å². The summed E-state index contributed by atoms with van der Waals surface area (Å²) in [6, 6.07) is 13.6. The zero-order valence-electron chi connectivity index (χ0n) is 17.3. The van der Waals surface area contributed by atoms with Crippen molar-refractivity contribution in [3.8, 4) is 5.75 Å². The van der Waals surface area contributed by atoms with E-state index >= 15 is 0 Å². The summed E-state index contributed by atoms with van der Waals surface area (Å²) in [6.07, 6.45) is 0. The second kappa shape index (κ2) is 10.6. The first-order chi connectivity index (χ1) is 13.6. The van der Waals surface area contributed by atoms with E-state index in [1.807, 2.05) is 54.3 Å². The van der Waals surface area contributed by atoms with Gasteiger partial charge in [0.1, 0.15) is 11.3 Å². The molecule has 0 aliphatic heterocycles. The molecule has 0 unspecified atom stereocenters. The molecule has 0 aliphatic carbocycles. The van der Waals surface area contributed by atoms with Crippen LogP contribution in [0.25, 0.3) is 10.2 Å². The van der Waals surface area contributed by atoms with Crippen LogP contribution in [0.5, 0.6) is 5.75 Å². The molecule has 0 fully saturated rings. The third-order valence-electron chi connectivity index (χ3n) is 4.98. The SMILES string of the molecule is CCN(CC)CCN(C(=O)c1ccccc1C)c1nc2c(OC)cccc2s1.Cl. The van der Waals surface area contributed by atoms with Crippen molar-refractivity contribution in [3.05, 3.63) is 53.6 Å². The highest BCUT2D eigenvalue weighted by Gasteiger charge is 2.23. The molecule has 0 N–H and O–H groups in total. The zero-order valence-corrected chi connectivity index (χ0v) is 19.0. The Balaban J connectivity index is 0.00000300. The quantitative estimate of drug-likeness (QED) is 0.500. The zero-order chi connectivity index (χ0) is 20.1. The highest BCUT2D eigenvalue weighted by atomic mass is 35.5. The molecule has 29 heavy (non-hydrogen) atoms. The van der Waals surface area contributed by atoms with Gasteiger partial charge < -0.3 is 9.64 Å². The predicted octanol–water partition coefficient (Wildman–Crippen LogP) is 5.02. The summed E-state index contributed by atoms with van der Waals surface area (Å²) in [7, 11) is 1.64. The van der Waals surface area contributed by atoms with Crippen molar-refractivity contribution < 1.29 is 9.53 Å². The van der Waals surface area contributed by atoms with Crippen molar-refractivity contribution in [2.45, 2.75) is 20.8 Å². The Hall–Kier alpha value is -2.15. The van der Waals surface area contributed by atoms with Crippen molar-refractivity contribution in [1.29, 1.82) is 0 Å². The predicted molar refractivity (Wildman–Crippen MR) is 124 cm³/mol. The van der Waals surface area contributed by atoms with Crippen LogP contribution in [0.3, 0.4) is 0 Å². The van der Waals surface area contributed by atoms with E-state index in [1.54, 1.807) is 7.11 Å². The number of aryl methyl sites for hydroxylation is 1. The molecule has 156 valence electrons. The third-order valence-corrected chi connectivity index (χ3v) is 6.02. The molecule has 0 radical (unpaired) electrons. The fraction of sp³-hybridized carbons (Fsp3) is 0.364. The molecule has 0 saturated heterocycles. The molecule has 0 saturated carbocycles. The van der Waals surface area contributed by atoms with Gasteiger partial charge in [0.15, 0.2) is 5.13 Å². The largest absolute Gasteiger partial charge is 0.494 e. The van der Waals surface area contributed by atoms with Crippen LogP contribution in [-0.2, 0) is 0 Å². The number of nitrogens with zero attached hydrogens (tertiary/aromatic N) is 3. The number of thiazole rings is 1. The highest BCUT2D eigenvalue weighted by Crippen LogP contribution is 2.34. The number of likely N-dealkylation sites (N-methyl/N-ethyl adjacent to an activating group) is 1. The van der Waals surface area contributed by atoms with E-state index in [9.17, 15) is 4.79 Å². The van der Waals surface area contributed by atoms with E-state index < -0.39 is 0 Å². The van der Waals surface area contributed by atoms with Gasteiger partial charge in [-0.15, -0.1) is 12.4 Å². The molecule has 7 heteroatoms. The molecule has 1 amide bonds. The number of anilines is 1. The maximum atomic E-state index is 13.4. The molecule has 3 aromatic rings. The normalized spacial score (nSPS) is 10.8. The van der Waals surface area contributed by atoms with Crippen molar-refractivity contribution >= 4 is 45.0 Å². The Labute approximate surface area is 182 Å². The molecule has 3 rings (SSSR count). The number of carbonyl (C=O) groups excluding carboxylic acids is 1. The van der Waals surface area contributed by atoms with E-state index in [0.717, 1.165) is 41.2 Å². The molecule has 0 atom stereocenters. The average molecular weight is 434 g/mol. The molecule has 5 nitrogen and oxygen atoms in total. The van der Waals surface area contributed by atoms with Gasteiger partial charge in [0.2, 0.25) is 0 Å². The number of benzene rings is 2. The maximum absolute atomic E-state index is 13.4. The topological polar surface area (TPSA) is 45.7 Å². The van der Waals surface area contributed by atoms with Crippen molar-refractivity contribution in [3.63, 3.8) is 0 Å². The lowest BCUT2D eigenvalue weighted by atomic mass is 10.1. The molecule has 1 aromatic heterocycles. The Morgan fingerprint density at radius 1 is 1.07 bits per heavy atom. The molecule has 2 aromatic carbocycles. The fourth-order valence-electron chi connectivity index (χ4n) is 3.22. The minimum absolute atomic E-state index is 0. The Bertz CT molecular complexity index is 956. The first-order valence-electron chi connectivity index (χ1n) is 9.62. The number of hydrogen-bond acceptors (Lipinski definition) is 5. The second-order valence-corrected chi connectivity index (χ2v) is 7.61. The summed E-state index contributed by atoms with van der Waals surface area (Å²) in [6.45, 7) is 9.55. The number of amides is 1. The Kier molecular flexibility index (Phi) is 8.44. The molecule has 0 aliphatic rings. The first kappa shape index (κ1) is 23.1. The van der Waals surface area contributed by atoms with E-state index in [4.69, 9.17) is 9.72 Å². The Morgan fingerprint density at radius 3 is 2.45 bits per heavy atom. The number of aromatic nitrogens is 1. The van der Waals surface area contributed by atoms with Gasteiger partial charge in [-0.25, -0.2) is 4.98 Å². The van der Waals surface area contributed by atoms with Crippen LogP contribution in [0.4, 0.5) is 5.13 Å². The summed E-state index contributed by atoms with van der Waals surface area (Å²) in [5, 5.41) is 0.708. The molecule has 0 bridgehead atoms. The van der Waals surface area contributed by atoms with Gasteiger partial charge in [-0.05, 0) is 43.8 Å². The van der Waals surface area contributed by atoms with Crippen LogP contribution >= 0.6 is 23.7 Å². The van der Waals surface area contributed by atoms with Gasteiger partial charge in [-0.2, -0.15) is 0 Å². The minimum atomic E-state index is -0.0109. The highest BCUT2D eigenvalue weighted by molar-refractivity contribution is 7.22. The summed E-state index contributed by atoms with van der Waals surface area (Å²) >= 11 is 1.53. The maximum Gasteiger partial charge on any atom is 0.260 e. The third kappa shape index (κ3) is 5.07. The van der Waals surface area contributed by atoms with E-state index in [2.05, 4.69) is 18.7 Å². The number of hydrogen-bond donors (Lipinski definition) is 0. The smallest absolute Gasteiger partial charge is 0.260 e. The lowest BCUT2D eigenvalue weighted by Gasteiger charge is -2.25. The summed E-state index contributed by atoms with van der Waals surface area (Å²) in [4.78, 5) is 22.3. The number of para-hydroxylation sites is 1. The van der Waals surface area contributed by atoms with Crippen LogP contribution in [-0.4, -0.2) is 49.1 Å². The molecular weight excluding hydrogens is 406 g/mol. The minimum Gasteiger partial charge on any atom is -0.494 e. The number of halogens is 1. The lowest BCUT2D eigenvalue weighted by molar-refractivity contribution is 0.0983. The number of fused-ring (bicyclic) bond motifs is 1. The van der Waals surface area contributed by atoms with Gasteiger partial charge in [0.25, 0.3) is 5.91 Å². The van der Waals surface area contributed by atoms with E-state index in [1.165, 1.54) is 11.3 Å². The molecule has 1 heterocycles. The fourth-order valence-corrected chi connectivity index (χ4v) is 4.22. The van der Waals surface area contributed by atoms with Gasteiger partial charge in [0.05, 0.1) is 11.8 Å². The number of rotatable bonds is 8. The number of ether oxygens (including phenoxy) is 1. The van der Waals surface area contributed by atoms with Crippen LogP contribution in [0.2, 0.25) is 0 Å². The average Bonchev–Trinajstić information content (AvgIpc) is 3.15. The first-order valence-corrected chi connectivity index (χ1v) is 10.4. The molecule has 0 spiro atoms. The van der Waals surface area contributed by atoms with Crippen molar-refractivity contribution in [2.75, 3.05) is 38.2 Å². The Morgan fingerprint density at radius 2 is 1.79 bits per heavy atom. The van der Waals surface area contributed by atoms with Gasteiger partial charge in [-0.3, -0.25) is 9.69 Å².